The minimum absolute atomic E-state index is 0.657. The Morgan fingerprint density at radius 3 is 2.94 bits per heavy atom. The van der Waals surface area contributed by atoms with Crippen LogP contribution in [0.25, 0.3) is 0 Å². The van der Waals surface area contributed by atoms with E-state index in [1.54, 1.807) is 0 Å². The molecule has 0 radical (unpaired) electrons. The minimum atomic E-state index is 0.657. The second-order valence-corrected chi connectivity index (χ2v) is 4.63. The Morgan fingerprint density at radius 1 is 1.35 bits per heavy atom. The van der Waals surface area contributed by atoms with Crippen molar-refractivity contribution in [1.29, 1.82) is 0 Å². The van der Waals surface area contributed by atoms with Crippen LogP contribution in [0.5, 0.6) is 0 Å². The number of rotatable bonds is 4. The van der Waals surface area contributed by atoms with Crippen LogP contribution >= 0.6 is 0 Å². The summed E-state index contributed by atoms with van der Waals surface area (Å²) in [5.41, 5.74) is 2.78. The van der Waals surface area contributed by atoms with Gasteiger partial charge in [0.2, 0.25) is 0 Å². The van der Waals surface area contributed by atoms with Crippen molar-refractivity contribution < 1.29 is 4.74 Å². The number of benzene rings is 1. The molecule has 0 aliphatic carbocycles. The molecule has 0 aromatic heterocycles. The smallest absolute Gasteiger partial charge is 0.0721 e. The lowest BCUT2D eigenvalue weighted by Gasteiger charge is -2.22. The summed E-state index contributed by atoms with van der Waals surface area (Å²) in [7, 11) is 0. The highest BCUT2D eigenvalue weighted by atomic mass is 16.5. The standard InChI is InChI=1S/C15H21NO/c1-13-11-16-9-7-15(13)8-10-17-12-14-5-3-2-4-6-14/h2-6,8,13,16H,7,9-12H2,1H3/b15-8+. The Labute approximate surface area is 104 Å². The molecule has 92 valence electrons. The molecule has 0 bridgehead atoms. The van der Waals surface area contributed by atoms with Gasteiger partial charge in [0, 0.05) is 6.54 Å². The van der Waals surface area contributed by atoms with Crippen molar-refractivity contribution in [1.82, 2.24) is 5.32 Å². The zero-order chi connectivity index (χ0) is 11.9. The number of hydrogen-bond acceptors (Lipinski definition) is 2. The van der Waals surface area contributed by atoms with Crippen molar-refractivity contribution >= 4 is 0 Å². The average molecular weight is 231 g/mol. The van der Waals surface area contributed by atoms with E-state index in [-0.39, 0.29) is 0 Å². The molecule has 2 heteroatoms. The third-order valence-electron chi connectivity index (χ3n) is 3.25. The van der Waals surface area contributed by atoms with Crippen LogP contribution in [-0.2, 0) is 11.3 Å². The number of hydrogen-bond donors (Lipinski definition) is 1. The minimum Gasteiger partial charge on any atom is -0.373 e. The predicted octanol–water partition coefficient (Wildman–Crippen LogP) is 2.76. The van der Waals surface area contributed by atoms with Gasteiger partial charge < -0.3 is 10.1 Å². The van der Waals surface area contributed by atoms with E-state index >= 15 is 0 Å². The maximum absolute atomic E-state index is 5.67. The molecule has 1 aromatic rings. The molecule has 1 saturated heterocycles. The van der Waals surface area contributed by atoms with Crippen molar-refractivity contribution in [2.75, 3.05) is 19.7 Å². The molecule has 1 aliphatic heterocycles. The van der Waals surface area contributed by atoms with Crippen molar-refractivity contribution in [3.8, 4) is 0 Å². The van der Waals surface area contributed by atoms with Crippen LogP contribution in [0, 0.1) is 5.92 Å². The number of ether oxygens (including phenoxy) is 1. The molecule has 1 aromatic carbocycles. The van der Waals surface area contributed by atoms with Gasteiger partial charge in [-0.1, -0.05) is 48.9 Å². The second kappa shape index (κ2) is 6.58. The van der Waals surface area contributed by atoms with Crippen molar-refractivity contribution in [2.24, 2.45) is 5.92 Å². The summed E-state index contributed by atoms with van der Waals surface area (Å²) in [5.74, 6) is 0.657. The predicted molar refractivity (Wildman–Crippen MR) is 70.8 cm³/mol. The molecule has 0 saturated carbocycles. The highest BCUT2D eigenvalue weighted by Crippen LogP contribution is 2.16. The molecule has 2 nitrogen and oxygen atoms in total. The summed E-state index contributed by atoms with van der Waals surface area (Å²) < 4.78 is 5.67. The van der Waals surface area contributed by atoms with Crippen LogP contribution in [-0.4, -0.2) is 19.7 Å². The lowest BCUT2D eigenvalue weighted by molar-refractivity contribution is 0.147. The topological polar surface area (TPSA) is 21.3 Å². The molecule has 1 fully saturated rings. The first-order valence-electron chi connectivity index (χ1n) is 6.37. The molecule has 1 heterocycles. The molecule has 2 rings (SSSR count). The van der Waals surface area contributed by atoms with Gasteiger partial charge in [0.25, 0.3) is 0 Å². The van der Waals surface area contributed by atoms with Gasteiger partial charge in [-0.05, 0) is 24.4 Å². The zero-order valence-electron chi connectivity index (χ0n) is 10.5. The van der Waals surface area contributed by atoms with Crippen molar-refractivity contribution in [2.45, 2.75) is 20.0 Å². The van der Waals surface area contributed by atoms with Crippen molar-refractivity contribution in [3.05, 3.63) is 47.5 Å². The van der Waals surface area contributed by atoms with Gasteiger partial charge in [-0.3, -0.25) is 0 Å². The monoisotopic (exact) mass is 231 g/mol. The number of nitrogens with one attached hydrogen (secondary N) is 1. The van der Waals surface area contributed by atoms with E-state index in [0.717, 1.165) is 26.1 Å². The van der Waals surface area contributed by atoms with Gasteiger partial charge in [-0.25, -0.2) is 0 Å². The molecule has 1 unspecified atom stereocenters. The van der Waals surface area contributed by atoms with Gasteiger partial charge in [0.15, 0.2) is 0 Å². The zero-order valence-corrected chi connectivity index (χ0v) is 10.5. The Balaban J connectivity index is 1.73. The summed E-state index contributed by atoms with van der Waals surface area (Å²) in [4.78, 5) is 0. The molecule has 0 amide bonds. The van der Waals surface area contributed by atoms with Gasteiger partial charge >= 0.3 is 0 Å². The Kier molecular flexibility index (Phi) is 4.77. The van der Waals surface area contributed by atoms with Gasteiger partial charge in [-0.15, -0.1) is 0 Å². The van der Waals surface area contributed by atoms with Gasteiger partial charge in [0.1, 0.15) is 0 Å². The maximum atomic E-state index is 5.67. The maximum Gasteiger partial charge on any atom is 0.0721 e. The van der Waals surface area contributed by atoms with E-state index in [1.807, 2.05) is 18.2 Å². The summed E-state index contributed by atoms with van der Waals surface area (Å²) in [6, 6.07) is 10.3. The van der Waals surface area contributed by atoms with Crippen LogP contribution in [0.4, 0.5) is 0 Å². The van der Waals surface area contributed by atoms with Gasteiger partial charge in [0.05, 0.1) is 13.2 Å². The Hall–Kier alpha value is -1.12. The van der Waals surface area contributed by atoms with E-state index in [2.05, 4.69) is 30.4 Å². The Bertz CT molecular complexity index is 358. The largest absolute Gasteiger partial charge is 0.373 e. The third kappa shape index (κ3) is 3.99. The van der Waals surface area contributed by atoms with E-state index < -0.39 is 0 Å². The number of piperidine rings is 1. The van der Waals surface area contributed by atoms with Crippen LogP contribution in [0.15, 0.2) is 42.0 Å². The first-order valence-corrected chi connectivity index (χ1v) is 6.37. The van der Waals surface area contributed by atoms with E-state index in [9.17, 15) is 0 Å². The molecule has 1 aliphatic rings. The van der Waals surface area contributed by atoms with Crippen LogP contribution < -0.4 is 5.32 Å². The quantitative estimate of drug-likeness (QED) is 0.635. The SMILES string of the molecule is CC1CNCC/C1=C\COCc1ccccc1. The fourth-order valence-corrected chi connectivity index (χ4v) is 2.15. The molecule has 0 spiro atoms. The van der Waals surface area contributed by atoms with E-state index in [0.29, 0.717) is 12.5 Å². The summed E-state index contributed by atoms with van der Waals surface area (Å²) >= 11 is 0. The van der Waals surface area contributed by atoms with Crippen LogP contribution in [0.2, 0.25) is 0 Å². The third-order valence-corrected chi connectivity index (χ3v) is 3.25. The highest BCUT2D eigenvalue weighted by Gasteiger charge is 2.12. The Morgan fingerprint density at radius 2 is 2.18 bits per heavy atom. The molecular weight excluding hydrogens is 210 g/mol. The fraction of sp³-hybridized carbons (Fsp3) is 0.467. The first kappa shape index (κ1) is 12.3. The second-order valence-electron chi connectivity index (χ2n) is 4.63. The van der Waals surface area contributed by atoms with Crippen molar-refractivity contribution in [3.63, 3.8) is 0 Å². The summed E-state index contributed by atoms with van der Waals surface area (Å²) in [6.45, 7) is 5.92. The fourth-order valence-electron chi connectivity index (χ4n) is 2.15. The summed E-state index contributed by atoms with van der Waals surface area (Å²) in [6.07, 6.45) is 3.42. The average Bonchev–Trinajstić information content (AvgIpc) is 2.38. The highest BCUT2D eigenvalue weighted by molar-refractivity contribution is 5.13. The molecule has 17 heavy (non-hydrogen) atoms. The molecular formula is C15H21NO. The van der Waals surface area contributed by atoms with E-state index in [1.165, 1.54) is 11.1 Å². The van der Waals surface area contributed by atoms with E-state index in [4.69, 9.17) is 4.74 Å². The first-order chi connectivity index (χ1) is 8.36. The summed E-state index contributed by atoms with van der Waals surface area (Å²) in [5, 5.41) is 3.40. The van der Waals surface area contributed by atoms with Crippen LogP contribution in [0.1, 0.15) is 18.9 Å². The molecule has 1 N–H and O–H groups in total. The lowest BCUT2D eigenvalue weighted by Crippen LogP contribution is -2.30. The normalized spacial score (nSPS) is 22.9. The van der Waals surface area contributed by atoms with Gasteiger partial charge in [-0.2, -0.15) is 0 Å². The van der Waals surface area contributed by atoms with Crippen LogP contribution in [0.3, 0.4) is 0 Å². The molecule has 1 atom stereocenters. The lowest BCUT2D eigenvalue weighted by atomic mass is 9.94.